The van der Waals surface area contributed by atoms with Crippen molar-refractivity contribution >= 4 is 33.6 Å². The van der Waals surface area contributed by atoms with Crippen LogP contribution in [0.15, 0.2) is 53.4 Å². The third kappa shape index (κ3) is 6.46. The molecule has 2 aromatic carbocycles. The van der Waals surface area contributed by atoms with Crippen LogP contribution in [0.2, 0.25) is 0 Å². The molecule has 0 unspecified atom stereocenters. The van der Waals surface area contributed by atoms with E-state index in [9.17, 15) is 27.9 Å². The number of hydrogen-bond acceptors (Lipinski definition) is 6. The number of aryl methyl sites for hydroxylation is 1. The number of amidine groups is 1. The Morgan fingerprint density at radius 2 is 1.78 bits per heavy atom. The first-order valence-electron chi connectivity index (χ1n) is 11.3. The third-order valence-electron chi connectivity index (χ3n) is 5.90. The number of carboxylic acid groups (broad SMARTS) is 1. The normalized spacial score (nSPS) is 16.8. The first-order chi connectivity index (χ1) is 17.0. The molecule has 36 heavy (non-hydrogen) atoms. The van der Waals surface area contributed by atoms with Crippen LogP contribution in [-0.2, 0) is 30.8 Å². The van der Waals surface area contributed by atoms with Crippen LogP contribution in [0.4, 0.5) is 0 Å². The van der Waals surface area contributed by atoms with Crippen molar-refractivity contribution in [3.8, 4) is 0 Å². The van der Waals surface area contributed by atoms with Gasteiger partial charge in [0.2, 0.25) is 21.8 Å². The van der Waals surface area contributed by atoms with Crippen molar-refractivity contribution in [2.45, 2.75) is 43.2 Å². The molecule has 192 valence electrons. The molecule has 12 heteroatoms. The number of sulfonamides is 1. The van der Waals surface area contributed by atoms with Crippen LogP contribution in [0.3, 0.4) is 0 Å². The van der Waals surface area contributed by atoms with Gasteiger partial charge in [0, 0.05) is 18.5 Å². The Morgan fingerprint density at radius 1 is 1.14 bits per heavy atom. The van der Waals surface area contributed by atoms with Crippen molar-refractivity contribution in [2.75, 3.05) is 13.1 Å². The van der Waals surface area contributed by atoms with Gasteiger partial charge in [-0.1, -0.05) is 42.0 Å². The average molecular weight is 516 g/mol. The van der Waals surface area contributed by atoms with Crippen molar-refractivity contribution in [1.29, 1.82) is 5.41 Å². The first-order valence-corrected chi connectivity index (χ1v) is 12.7. The lowest BCUT2D eigenvalue weighted by Crippen LogP contribution is -2.50. The molecule has 0 radical (unpaired) electrons. The highest BCUT2D eigenvalue weighted by molar-refractivity contribution is 7.89. The van der Waals surface area contributed by atoms with Crippen molar-refractivity contribution < 1.29 is 27.9 Å². The number of carboxylic acids is 1. The summed E-state index contributed by atoms with van der Waals surface area (Å²) in [6.45, 7) is 1.53. The lowest BCUT2D eigenvalue weighted by Gasteiger charge is -2.23. The Bertz CT molecular complexity index is 1240. The van der Waals surface area contributed by atoms with E-state index in [-0.39, 0.29) is 23.7 Å². The van der Waals surface area contributed by atoms with Crippen LogP contribution in [0.1, 0.15) is 29.5 Å². The van der Waals surface area contributed by atoms with Crippen LogP contribution >= 0.6 is 0 Å². The number of nitrogens with zero attached hydrogens (tertiary/aromatic N) is 1. The highest BCUT2D eigenvalue weighted by Gasteiger charge is 2.39. The molecule has 1 saturated heterocycles. The van der Waals surface area contributed by atoms with Gasteiger partial charge in [0.15, 0.2) is 0 Å². The van der Waals surface area contributed by atoms with Crippen LogP contribution in [0, 0.1) is 12.3 Å². The summed E-state index contributed by atoms with van der Waals surface area (Å²) in [5, 5.41) is 21.7. The fourth-order valence-corrected chi connectivity index (χ4v) is 5.58. The van der Waals surface area contributed by atoms with E-state index in [0.29, 0.717) is 24.0 Å². The van der Waals surface area contributed by atoms with Crippen LogP contribution in [0.5, 0.6) is 0 Å². The van der Waals surface area contributed by atoms with Gasteiger partial charge >= 0.3 is 5.97 Å². The quantitative estimate of drug-likeness (QED) is 0.223. The number of carbonyl (C=O) groups excluding carboxylic acids is 2. The molecule has 6 N–H and O–H groups in total. The molecule has 1 heterocycles. The van der Waals surface area contributed by atoms with Gasteiger partial charge in [0.1, 0.15) is 17.9 Å². The maximum absolute atomic E-state index is 13.0. The zero-order valence-corrected chi connectivity index (χ0v) is 20.5. The van der Waals surface area contributed by atoms with Gasteiger partial charge in [0.25, 0.3) is 0 Å². The smallest absolute Gasteiger partial charge is 0.326 e. The molecule has 0 aliphatic carbocycles. The molecule has 2 atom stereocenters. The van der Waals surface area contributed by atoms with Crippen molar-refractivity contribution in [2.24, 2.45) is 5.73 Å². The van der Waals surface area contributed by atoms with Gasteiger partial charge in [0.05, 0.1) is 11.4 Å². The number of amides is 2. The van der Waals surface area contributed by atoms with Crippen LogP contribution in [-0.4, -0.2) is 66.6 Å². The molecule has 2 amide bonds. The average Bonchev–Trinajstić information content (AvgIpc) is 3.34. The number of rotatable bonds is 10. The minimum absolute atomic E-state index is 0.0155. The van der Waals surface area contributed by atoms with E-state index in [1.165, 1.54) is 12.1 Å². The molecular formula is C24H29N5O6S. The van der Waals surface area contributed by atoms with Gasteiger partial charge in [-0.15, -0.1) is 0 Å². The summed E-state index contributed by atoms with van der Waals surface area (Å²) in [6.07, 6.45) is 0.795. The summed E-state index contributed by atoms with van der Waals surface area (Å²) in [6, 6.07) is 10.5. The fourth-order valence-electron chi connectivity index (χ4n) is 3.92. The Hall–Kier alpha value is -3.77. The summed E-state index contributed by atoms with van der Waals surface area (Å²) < 4.78 is 27.2. The number of carbonyl (C=O) groups is 3. The maximum atomic E-state index is 13.0. The molecule has 2 aromatic rings. The lowest BCUT2D eigenvalue weighted by atomic mass is 10.0. The standard InChI is InChI=1S/C24H29N5O6S/c1-15-4-10-18(11-5-15)36(34,35)29-12-2-3-20(29)23(31)27-14-21(30)28-19(24(32)33)13-16-6-8-17(9-7-16)22(25)26/h4-11,19-20H,2-3,12-14H2,1H3,(H3,25,26)(H,27,31)(H,28,30)(H,32,33)/t19-,20-/m0/s1. The number of benzene rings is 2. The molecule has 0 aromatic heterocycles. The molecule has 3 rings (SSSR count). The summed E-state index contributed by atoms with van der Waals surface area (Å²) in [7, 11) is -3.89. The Balaban J connectivity index is 1.58. The van der Waals surface area contributed by atoms with Crippen molar-refractivity contribution in [1.82, 2.24) is 14.9 Å². The zero-order valence-electron chi connectivity index (χ0n) is 19.7. The monoisotopic (exact) mass is 515 g/mol. The number of nitrogens with two attached hydrogens (primary N) is 1. The Kier molecular flexibility index (Phi) is 8.43. The van der Waals surface area contributed by atoms with E-state index >= 15 is 0 Å². The fraction of sp³-hybridized carbons (Fsp3) is 0.333. The predicted molar refractivity (Wildman–Crippen MR) is 132 cm³/mol. The predicted octanol–water partition coefficient (Wildman–Crippen LogP) is 0.360. The zero-order chi connectivity index (χ0) is 26.5. The number of nitrogens with one attached hydrogen (secondary N) is 3. The highest BCUT2D eigenvalue weighted by Crippen LogP contribution is 2.26. The molecule has 0 saturated carbocycles. The van der Waals surface area contributed by atoms with E-state index in [1.54, 1.807) is 36.4 Å². The van der Waals surface area contributed by atoms with Gasteiger partial charge in [-0.25, -0.2) is 13.2 Å². The first kappa shape index (κ1) is 26.8. The summed E-state index contributed by atoms with van der Waals surface area (Å²) >= 11 is 0. The van der Waals surface area contributed by atoms with Crippen molar-refractivity contribution in [3.05, 3.63) is 65.2 Å². The summed E-state index contributed by atoms with van der Waals surface area (Å²) in [5.41, 5.74) is 7.42. The molecule has 0 bridgehead atoms. The molecule has 1 aliphatic rings. The molecular weight excluding hydrogens is 486 g/mol. The van der Waals surface area contributed by atoms with E-state index in [2.05, 4.69) is 10.6 Å². The molecule has 11 nitrogen and oxygen atoms in total. The number of hydrogen-bond donors (Lipinski definition) is 5. The number of nitrogen functional groups attached to an aromatic ring is 1. The third-order valence-corrected chi connectivity index (χ3v) is 7.82. The van der Waals surface area contributed by atoms with Gasteiger partial charge in [-0.3, -0.25) is 15.0 Å². The van der Waals surface area contributed by atoms with E-state index in [0.717, 1.165) is 9.87 Å². The van der Waals surface area contributed by atoms with E-state index < -0.39 is 46.4 Å². The highest BCUT2D eigenvalue weighted by atomic mass is 32.2. The molecule has 0 spiro atoms. The second-order valence-corrected chi connectivity index (χ2v) is 10.5. The lowest BCUT2D eigenvalue weighted by molar-refractivity contribution is -0.141. The van der Waals surface area contributed by atoms with Gasteiger partial charge in [-0.2, -0.15) is 4.31 Å². The largest absolute Gasteiger partial charge is 0.480 e. The SMILES string of the molecule is Cc1ccc(S(=O)(=O)N2CCC[C@H]2C(=O)NCC(=O)N[C@@H](Cc2ccc(C(=N)N)cc2)C(=O)O)cc1. The van der Waals surface area contributed by atoms with Gasteiger partial charge < -0.3 is 21.5 Å². The topological polar surface area (TPSA) is 183 Å². The summed E-state index contributed by atoms with van der Waals surface area (Å²) in [4.78, 5) is 36.9. The van der Waals surface area contributed by atoms with Crippen molar-refractivity contribution in [3.63, 3.8) is 0 Å². The maximum Gasteiger partial charge on any atom is 0.326 e. The Morgan fingerprint density at radius 3 is 2.36 bits per heavy atom. The number of aliphatic carboxylic acids is 1. The second-order valence-electron chi connectivity index (χ2n) is 8.58. The molecule has 1 aliphatic heterocycles. The molecule has 1 fully saturated rings. The van der Waals surface area contributed by atoms with E-state index in [4.69, 9.17) is 11.1 Å². The van der Waals surface area contributed by atoms with Gasteiger partial charge in [-0.05, 0) is 37.5 Å². The second kappa shape index (κ2) is 11.3. The minimum atomic E-state index is -3.89. The minimum Gasteiger partial charge on any atom is -0.480 e. The van der Waals surface area contributed by atoms with Crippen LogP contribution < -0.4 is 16.4 Å². The van der Waals surface area contributed by atoms with E-state index in [1.807, 2.05) is 6.92 Å². The van der Waals surface area contributed by atoms with Crippen LogP contribution in [0.25, 0.3) is 0 Å². The Labute approximate surface area is 209 Å². The summed E-state index contributed by atoms with van der Waals surface area (Å²) in [5.74, 6) is -2.71.